The minimum Gasteiger partial charge on any atom is -0.390 e. The van der Waals surface area contributed by atoms with E-state index in [9.17, 15) is 25.0 Å². The van der Waals surface area contributed by atoms with Gasteiger partial charge in [0.05, 0.1) is 4.92 Å². The number of nitro benzene ring substituents is 1. The Hall–Kier alpha value is -4.21. The fourth-order valence-electron chi connectivity index (χ4n) is 3.68. The third-order valence-corrected chi connectivity index (χ3v) is 5.03. The quantitative estimate of drug-likeness (QED) is 0.468. The molecule has 0 spiro atoms. The molecule has 0 unspecified atom stereocenters. The maximum absolute atomic E-state index is 13.1. The summed E-state index contributed by atoms with van der Waals surface area (Å²) >= 11 is 0. The molecule has 30 heavy (non-hydrogen) atoms. The van der Waals surface area contributed by atoms with Crippen molar-refractivity contribution in [2.45, 2.75) is 18.4 Å². The van der Waals surface area contributed by atoms with Gasteiger partial charge < -0.3 is 10.1 Å². The fourth-order valence-corrected chi connectivity index (χ4v) is 3.68. The first-order valence-corrected chi connectivity index (χ1v) is 9.04. The number of hydrogen-bond donors (Lipinski definition) is 0. The van der Waals surface area contributed by atoms with Gasteiger partial charge in [-0.3, -0.25) is 14.9 Å². The lowest BCUT2D eigenvalue weighted by molar-refractivity contribution is -0.394. The molecule has 0 N–H and O–H groups in total. The van der Waals surface area contributed by atoms with Gasteiger partial charge in [0.15, 0.2) is 5.78 Å². The highest BCUT2D eigenvalue weighted by Crippen LogP contribution is 2.42. The van der Waals surface area contributed by atoms with Crippen LogP contribution in [0.4, 0.5) is 11.6 Å². The van der Waals surface area contributed by atoms with Gasteiger partial charge >= 0.3 is 5.95 Å². The molecule has 1 aliphatic rings. The molecule has 10 nitrogen and oxygen atoms in total. The molecule has 1 aliphatic carbocycles. The lowest BCUT2D eigenvalue weighted by atomic mass is 9.77. The number of allylic oxidation sites excluding steroid dienone is 2. The van der Waals surface area contributed by atoms with Gasteiger partial charge in [0.2, 0.25) is 6.33 Å². The van der Waals surface area contributed by atoms with Gasteiger partial charge in [-0.05, 0) is 34.1 Å². The monoisotopic (exact) mass is 405 g/mol. The number of aromatic nitrogens is 3. The zero-order valence-electron chi connectivity index (χ0n) is 15.5. The zero-order valence-corrected chi connectivity index (χ0v) is 15.5. The van der Waals surface area contributed by atoms with Crippen LogP contribution in [0.2, 0.25) is 0 Å². The molecule has 1 heterocycles. The maximum Gasteiger partial charge on any atom is 0.490 e. The van der Waals surface area contributed by atoms with Crippen molar-refractivity contribution in [3.8, 4) is 0 Å². The first-order chi connectivity index (χ1) is 14.4. The first kappa shape index (κ1) is 19.1. The van der Waals surface area contributed by atoms with Gasteiger partial charge in [0.25, 0.3) is 5.69 Å². The van der Waals surface area contributed by atoms with Crippen LogP contribution in [0.1, 0.15) is 29.5 Å². The van der Waals surface area contributed by atoms with Gasteiger partial charge in [0.1, 0.15) is 6.04 Å². The number of ketones is 1. The van der Waals surface area contributed by atoms with Crippen LogP contribution in [-0.4, -0.2) is 30.4 Å². The van der Waals surface area contributed by atoms with Crippen LogP contribution < -0.4 is 0 Å². The van der Waals surface area contributed by atoms with Crippen LogP contribution in [0.15, 0.2) is 67.0 Å². The highest BCUT2D eigenvalue weighted by atomic mass is 16.6. The number of carbonyl (C=O) groups is 1. The van der Waals surface area contributed by atoms with E-state index in [-0.39, 0.29) is 11.5 Å². The second kappa shape index (κ2) is 7.66. The van der Waals surface area contributed by atoms with Crippen LogP contribution >= 0.6 is 0 Å². The highest BCUT2D eigenvalue weighted by Gasteiger charge is 2.38. The van der Waals surface area contributed by atoms with Crippen molar-refractivity contribution in [3.05, 3.63) is 98.4 Å². The fraction of sp³-hybridized carbons (Fsp3) is 0.150. The van der Waals surface area contributed by atoms with E-state index in [2.05, 4.69) is 10.1 Å². The van der Waals surface area contributed by atoms with E-state index in [0.29, 0.717) is 12.0 Å². The van der Waals surface area contributed by atoms with Crippen LogP contribution in [0, 0.1) is 20.2 Å². The number of nitrogens with zero attached hydrogens (tertiary/aromatic N) is 5. The van der Waals surface area contributed by atoms with E-state index in [1.165, 1.54) is 22.9 Å². The van der Waals surface area contributed by atoms with Crippen molar-refractivity contribution < 1.29 is 14.6 Å². The van der Waals surface area contributed by atoms with E-state index in [0.717, 1.165) is 17.5 Å². The summed E-state index contributed by atoms with van der Waals surface area (Å²) in [5, 5.41) is 26.1. The Bertz CT molecular complexity index is 1170. The third-order valence-electron chi connectivity index (χ3n) is 5.03. The number of non-ortho nitro benzene ring substituents is 1. The smallest absolute Gasteiger partial charge is 0.390 e. The molecule has 0 bridgehead atoms. The lowest BCUT2D eigenvalue weighted by Crippen LogP contribution is -2.29. The van der Waals surface area contributed by atoms with Gasteiger partial charge in [0, 0.05) is 23.1 Å². The predicted molar refractivity (Wildman–Crippen MR) is 106 cm³/mol. The first-order valence-electron chi connectivity index (χ1n) is 9.04. The zero-order chi connectivity index (χ0) is 21.3. The van der Waals surface area contributed by atoms with Crippen molar-refractivity contribution in [2.75, 3.05) is 0 Å². The van der Waals surface area contributed by atoms with Crippen LogP contribution in [0.25, 0.3) is 5.57 Å². The molecule has 4 rings (SSSR count). The minimum absolute atomic E-state index is 0.0981. The molecule has 150 valence electrons. The van der Waals surface area contributed by atoms with Crippen molar-refractivity contribution in [3.63, 3.8) is 0 Å². The Morgan fingerprint density at radius 3 is 2.43 bits per heavy atom. The van der Waals surface area contributed by atoms with Crippen LogP contribution in [0.3, 0.4) is 0 Å². The molecule has 10 heteroatoms. The molecule has 0 aliphatic heterocycles. The number of carbonyl (C=O) groups excluding carboxylic acids is 1. The molecule has 2 atom stereocenters. The molecule has 0 saturated heterocycles. The SMILES string of the molecule is O=C1C=C(c2ccccc2)C[C@@H](c2cccc([N+](=O)[O-])c2)[C@@H]1n1cnc([N+](=O)[O-])n1. The average molecular weight is 405 g/mol. The highest BCUT2D eigenvalue weighted by molar-refractivity contribution is 6.02. The van der Waals surface area contributed by atoms with Gasteiger partial charge in [-0.15, -0.1) is 0 Å². The summed E-state index contributed by atoms with van der Waals surface area (Å²) in [7, 11) is 0. The second-order valence-electron chi connectivity index (χ2n) is 6.83. The molecule has 0 saturated carbocycles. The van der Waals surface area contributed by atoms with Crippen molar-refractivity contribution in [1.82, 2.24) is 14.8 Å². The maximum atomic E-state index is 13.1. The van der Waals surface area contributed by atoms with Crippen LogP contribution in [0.5, 0.6) is 0 Å². The Balaban J connectivity index is 1.82. The van der Waals surface area contributed by atoms with E-state index < -0.39 is 27.8 Å². The van der Waals surface area contributed by atoms with Gasteiger partial charge in [-0.25, -0.2) is 0 Å². The van der Waals surface area contributed by atoms with E-state index in [4.69, 9.17) is 0 Å². The minimum atomic E-state index is -0.902. The molecule has 2 aromatic carbocycles. The van der Waals surface area contributed by atoms with Crippen molar-refractivity contribution in [1.29, 1.82) is 0 Å². The summed E-state index contributed by atoms with van der Waals surface area (Å²) in [6, 6.07) is 14.5. The van der Waals surface area contributed by atoms with Crippen molar-refractivity contribution >= 4 is 23.0 Å². The van der Waals surface area contributed by atoms with Gasteiger partial charge in [-0.1, -0.05) is 47.4 Å². The standard InChI is InChI=1S/C20H15N5O5/c26-18-11-15(13-5-2-1-3-6-13)10-17(14-7-4-8-16(9-14)24(27)28)19(18)23-12-21-20(22-23)25(29)30/h1-9,11-12,17,19H,10H2/t17-,19-/m0/s1. The Labute approximate surface area is 169 Å². The second-order valence-corrected chi connectivity index (χ2v) is 6.83. The molecular weight excluding hydrogens is 390 g/mol. The van der Waals surface area contributed by atoms with E-state index in [1.807, 2.05) is 30.3 Å². The lowest BCUT2D eigenvalue weighted by Gasteiger charge is -2.29. The molecule has 0 radical (unpaired) electrons. The Morgan fingerprint density at radius 2 is 1.77 bits per heavy atom. The van der Waals surface area contributed by atoms with Crippen molar-refractivity contribution in [2.24, 2.45) is 0 Å². The average Bonchev–Trinajstić information content (AvgIpc) is 3.24. The summed E-state index contributed by atoms with van der Waals surface area (Å²) < 4.78 is 1.17. The van der Waals surface area contributed by atoms with Gasteiger partial charge in [-0.2, -0.15) is 4.68 Å². The molecule has 1 aromatic heterocycles. The molecule has 3 aromatic rings. The number of hydrogen-bond acceptors (Lipinski definition) is 7. The van der Waals surface area contributed by atoms with E-state index in [1.54, 1.807) is 12.1 Å². The summed E-state index contributed by atoms with van der Waals surface area (Å²) in [5.41, 5.74) is 2.12. The summed E-state index contributed by atoms with van der Waals surface area (Å²) in [4.78, 5) is 37.7. The number of nitro groups is 2. The summed E-state index contributed by atoms with van der Waals surface area (Å²) in [5.74, 6) is -1.44. The largest absolute Gasteiger partial charge is 0.490 e. The summed E-state index contributed by atoms with van der Waals surface area (Å²) in [6.45, 7) is 0. The predicted octanol–water partition coefficient (Wildman–Crippen LogP) is 3.48. The third kappa shape index (κ3) is 3.58. The Kier molecular flexibility index (Phi) is 4.88. The van der Waals surface area contributed by atoms with E-state index >= 15 is 0 Å². The topological polar surface area (TPSA) is 134 Å². The normalized spacial score (nSPS) is 18.7. The van der Waals surface area contributed by atoms with Crippen LogP contribution in [-0.2, 0) is 4.79 Å². The number of rotatable bonds is 5. The number of benzene rings is 2. The molecule has 0 fully saturated rings. The molecule has 0 amide bonds. The Morgan fingerprint density at radius 1 is 1.00 bits per heavy atom. The molecular formula is C20H15N5O5. The summed E-state index contributed by atoms with van der Waals surface area (Å²) in [6.07, 6.45) is 3.04.